The van der Waals surface area contributed by atoms with Crippen LogP contribution in [-0.2, 0) is 10.0 Å². The van der Waals surface area contributed by atoms with Gasteiger partial charge in [0.1, 0.15) is 5.58 Å². The van der Waals surface area contributed by atoms with Crippen LogP contribution in [0.3, 0.4) is 0 Å². The van der Waals surface area contributed by atoms with Gasteiger partial charge in [-0.3, -0.25) is 9.69 Å². The zero-order valence-corrected chi connectivity index (χ0v) is 24.5. The van der Waals surface area contributed by atoms with Crippen molar-refractivity contribution >= 4 is 49.6 Å². The number of fused-ring (bicyclic) bond motifs is 2. The van der Waals surface area contributed by atoms with Crippen LogP contribution < -0.4 is 10.6 Å². The lowest BCUT2D eigenvalue weighted by molar-refractivity contribution is 0.0976. The van der Waals surface area contributed by atoms with Gasteiger partial charge < -0.3 is 15.1 Å². The molecule has 0 radical (unpaired) electrons. The van der Waals surface area contributed by atoms with Crippen molar-refractivity contribution in [1.29, 1.82) is 5.26 Å². The van der Waals surface area contributed by atoms with Gasteiger partial charge in [-0.15, -0.1) is 0 Å². The number of hydrogen-bond acceptors (Lipinski definition) is 7. The number of carbonyl (C=O) groups is 1. The molecule has 10 heteroatoms. The molecular formula is C33H31N5O4S. The van der Waals surface area contributed by atoms with E-state index in [0.717, 1.165) is 66.7 Å². The first-order valence-corrected chi connectivity index (χ1v) is 15.5. The smallest absolute Gasteiger partial charge is 0.284 e. The Balaban J connectivity index is 1.13. The SMILES string of the molecule is Cc1ccc(S(=O)(=O)n2cc(C=CCCN3CCN(c4ccc5oc(C(N)=O)cc5c4)CC3)c3cc(C#N)ccc32)cc1. The highest BCUT2D eigenvalue weighted by molar-refractivity contribution is 7.90. The maximum absolute atomic E-state index is 13.5. The molecule has 3 heterocycles. The lowest BCUT2D eigenvalue weighted by Gasteiger charge is -2.36. The molecule has 9 nitrogen and oxygen atoms in total. The number of aromatic nitrogens is 1. The fourth-order valence-corrected chi connectivity index (χ4v) is 6.87. The van der Waals surface area contributed by atoms with Crippen molar-refractivity contribution in [2.45, 2.75) is 18.2 Å². The number of nitriles is 1. The Morgan fingerprint density at radius 3 is 2.51 bits per heavy atom. The molecule has 1 aliphatic rings. The Labute approximate surface area is 250 Å². The topological polar surface area (TPSA) is 126 Å². The number of piperazine rings is 1. The standard InChI is InChI=1S/C33H31N5O4S/c1-23-5-9-28(10-6-23)43(40,41)38-22-25(29-18-24(21-34)7-11-30(29)38)4-2-3-13-36-14-16-37(17-15-36)27-8-12-31-26(19-27)20-32(42-31)33(35)39/h2,4-12,18-20,22H,3,13-17H2,1H3,(H2,35,39). The second-order valence-electron chi connectivity index (χ2n) is 10.8. The van der Waals surface area contributed by atoms with Gasteiger partial charge in [-0.1, -0.05) is 29.8 Å². The molecule has 1 fully saturated rings. The van der Waals surface area contributed by atoms with Gasteiger partial charge in [-0.2, -0.15) is 5.26 Å². The number of hydrogen-bond donors (Lipinski definition) is 1. The molecule has 0 unspecified atom stereocenters. The van der Waals surface area contributed by atoms with E-state index < -0.39 is 15.9 Å². The first kappa shape index (κ1) is 28.3. The van der Waals surface area contributed by atoms with Crippen LogP contribution >= 0.6 is 0 Å². The van der Waals surface area contributed by atoms with E-state index >= 15 is 0 Å². The summed E-state index contributed by atoms with van der Waals surface area (Å²) in [5.41, 5.74) is 9.82. The largest absolute Gasteiger partial charge is 0.451 e. The van der Waals surface area contributed by atoms with Crippen LogP contribution in [0.1, 0.15) is 33.7 Å². The number of nitrogens with zero attached hydrogens (tertiary/aromatic N) is 4. The van der Waals surface area contributed by atoms with E-state index in [1.165, 1.54) is 3.97 Å². The van der Waals surface area contributed by atoms with Crippen LogP contribution in [0.4, 0.5) is 5.69 Å². The molecule has 2 N–H and O–H groups in total. The average molecular weight is 594 g/mol. The van der Waals surface area contributed by atoms with Crippen LogP contribution in [0.2, 0.25) is 0 Å². The van der Waals surface area contributed by atoms with Crippen molar-refractivity contribution < 1.29 is 17.6 Å². The molecule has 218 valence electrons. The summed E-state index contributed by atoms with van der Waals surface area (Å²) in [4.78, 5) is 16.4. The summed E-state index contributed by atoms with van der Waals surface area (Å²) >= 11 is 0. The Morgan fingerprint density at radius 1 is 1.02 bits per heavy atom. The number of carbonyl (C=O) groups excluding carboxylic acids is 1. The summed E-state index contributed by atoms with van der Waals surface area (Å²) in [6, 6.07) is 21.6. The van der Waals surface area contributed by atoms with Gasteiger partial charge in [-0.25, -0.2) is 12.4 Å². The average Bonchev–Trinajstić information content (AvgIpc) is 3.61. The highest BCUT2D eigenvalue weighted by Gasteiger charge is 2.21. The van der Waals surface area contributed by atoms with Crippen LogP contribution in [0, 0.1) is 18.3 Å². The minimum Gasteiger partial charge on any atom is -0.451 e. The molecule has 0 saturated carbocycles. The Bertz CT molecular complexity index is 2010. The van der Waals surface area contributed by atoms with Crippen molar-refractivity contribution in [3.8, 4) is 6.07 Å². The van der Waals surface area contributed by atoms with Gasteiger partial charge >= 0.3 is 0 Å². The van der Waals surface area contributed by atoms with Gasteiger partial charge in [0.25, 0.3) is 15.9 Å². The van der Waals surface area contributed by atoms with E-state index in [9.17, 15) is 18.5 Å². The van der Waals surface area contributed by atoms with Crippen molar-refractivity contribution in [1.82, 2.24) is 8.87 Å². The van der Waals surface area contributed by atoms with Crippen molar-refractivity contribution in [2.24, 2.45) is 5.73 Å². The molecule has 2 aromatic heterocycles. The van der Waals surface area contributed by atoms with E-state index in [1.807, 2.05) is 31.2 Å². The van der Waals surface area contributed by atoms with E-state index in [4.69, 9.17) is 10.2 Å². The second kappa shape index (κ2) is 11.4. The lowest BCUT2D eigenvalue weighted by atomic mass is 10.1. The molecule has 0 bridgehead atoms. The van der Waals surface area contributed by atoms with E-state index in [-0.39, 0.29) is 10.7 Å². The molecule has 1 aliphatic heterocycles. The van der Waals surface area contributed by atoms with Crippen LogP contribution in [0.5, 0.6) is 0 Å². The molecule has 6 rings (SSSR count). The monoisotopic (exact) mass is 593 g/mol. The number of aryl methyl sites for hydroxylation is 1. The Hall–Kier alpha value is -4.85. The Kier molecular flexibility index (Phi) is 7.52. The molecular weight excluding hydrogens is 562 g/mol. The van der Waals surface area contributed by atoms with E-state index in [0.29, 0.717) is 16.7 Å². The fraction of sp³-hybridized carbons (Fsp3) is 0.212. The third-order valence-electron chi connectivity index (χ3n) is 7.90. The number of nitrogens with two attached hydrogens (primary N) is 1. The van der Waals surface area contributed by atoms with Gasteiger partial charge in [0, 0.05) is 60.9 Å². The molecule has 1 saturated heterocycles. The third kappa shape index (κ3) is 5.65. The van der Waals surface area contributed by atoms with Crippen LogP contribution in [0.25, 0.3) is 27.9 Å². The van der Waals surface area contributed by atoms with E-state index in [2.05, 4.69) is 21.9 Å². The molecule has 3 aromatic carbocycles. The van der Waals surface area contributed by atoms with Crippen LogP contribution in [0.15, 0.2) is 88.3 Å². The highest BCUT2D eigenvalue weighted by Crippen LogP contribution is 2.29. The molecule has 0 atom stereocenters. The number of primary amides is 1. The molecule has 43 heavy (non-hydrogen) atoms. The van der Waals surface area contributed by atoms with Gasteiger partial charge in [0.2, 0.25) is 0 Å². The first-order chi connectivity index (χ1) is 20.7. The van der Waals surface area contributed by atoms with Crippen molar-refractivity contribution in [2.75, 3.05) is 37.6 Å². The fourth-order valence-electron chi connectivity index (χ4n) is 5.50. The Morgan fingerprint density at radius 2 is 1.79 bits per heavy atom. The molecule has 0 spiro atoms. The number of amides is 1. The maximum Gasteiger partial charge on any atom is 0.284 e. The number of benzene rings is 3. The van der Waals surface area contributed by atoms with Gasteiger partial charge in [0.15, 0.2) is 5.76 Å². The summed E-state index contributed by atoms with van der Waals surface area (Å²) in [6.45, 7) is 6.34. The predicted molar refractivity (Wildman–Crippen MR) is 167 cm³/mol. The number of anilines is 1. The summed E-state index contributed by atoms with van der Waals surface area (Å²) in [5, 5.41) is 11.0. The predicted octanol–water partition coefficient (Wildman–Crippen LogP) is 5.13. The minimum atomic E-state index is -3.81. The zero-order valence-electron chi connectivity index (χ0n) is 23.7. The quantitative estimate of drug-likeness (QED) is 0.264. The summed E-state index contributed by atoms with van der Waals surface area (Å²) in [7, 11) is -3.81. The number of rotatable bonds is 8. The number of furan rings is 1. The van der Waals surface area contributed by atoms with E-state index in [1.54, 1.807) is 54.7 Å². The first-order valence-electron chi connectivity index (χ1n) is 14.1. The van der Waals surface area contributed by atoms with Crippen molar-refractivity contribution in [3.63, 3.8) is 0 Å². The molecule has 1 amide bonds. The third-order valence-corrected chi connectivity index (χ3v) is 9.59. The zero-order chi connectivity index (χ0) is 30.1. The maximum atomic E-state index is 13.5. The van der Waals surface area contributed by atoms with Gasteiger partial charge in [0.05, 0.1) is 22.0 Å². The normalized spacial score (nSPS) is 14.6. The van der Waals surface area contributed by atoms with Crippen molar-refractivity contribution in [3.05, 3.63) is 101 Å². The second-order valence-corrected chi connectivity index (χ2v) is 12.6. The summed E-state index contributed by atoms with van der Waals surface area (Å²) in [5.74, 6) is -0.418. The summed E-state index contributed by atoms with van der Waals surface area (Å²) < 4.78 is 33.9. The minimum absolute atomic E-state index is 0.160. The molecule has 5 aromatic rings. The van der Waals surface area contributed by atoms with Gasteiger partial charge in [-0.05, 0) is 67.9 Å². The summed E-state index contributed by atoms with van der Waals surface area (Å²) in [6.07, 6.45) is 6.44. The lowest BCUT2D eigenvalue weighted by Crippen LogP contribution is -2.46. The van der Waals surface area contributed by atoms with Crippen LogP contribution in [-0.4, -0.2) is 55.9 Å². The molecule has 0 aliphatic carbocycles. The highest BCUT2D eigenvalue weighted by atomic mass is 32.2.